The molecule has 1 aromatic heterocycles. The highest BCUT2D eigenvalue weighted by molar-refractivity contribution is 5.84. The van der Waals surface area contributed by atoms with E-state index in [0.717, 1.165) is 12.4 Å². The SMILES string of the molecule is CCNc1cc(NC(C)C(=O)NC(C)(C)C)ncn1. The lowest BCUT2D eigenvalue weighted by atomic mass is 10.1. The minimum atomic E-state index is -0.358. The lowest BCUT2D eigenvalue weighted by molar-refractivity contribution is -0.122. The van der Waals surface area contributed by atoms with Gasteiger partial charge in [-0.25, -0.2) is 9.97 Å². The summed E-state index contributed by atoms with van der Waals surface area (Å²) in [7, 11) is 0. The van der Waals surface area contributed by atoms with E-state index in [9.17, 15) is 4.79 Å². The molecule has 3 N–H and O–H groups in total. The standard InChI is InChI=1S/C13H23N5O/c1-6-14-10-7-11(16-8-15-10)17-9(2)12(19)18-13(3,4)5/h7-9H,6H2,1-5H3,(H,18,19)(H2,14,15,16,17). The summed E-state index contributed by atoms with van der Waals surface area (Å²) in [4.78, 5) is 20.1. The Hall–Kier alpha value is -1.85. The second-order valence-corrected chi connectivity index (χ2v) is 5.42. The van der Waals surface area contributed by atoms with Gasteiger partial charge in [-0.1, -0.05) is 0 Å². The van der Waals surface area contributed by atoms with Gasteiger partial charge in [0.25, 0.3) is 0 Å². The lowest BCUT2D eigenvalue weighted by Crippen LogP contribution is -2.47. The van der Waals surface area contributed by atoms with Crippen LogP contribution in [0.2, 0.25) is 0 Å². The van der Waals surface area contributed by atoms with Crippen LogP contribution in [0, 0.1) is 0 Å². The highest BCUT2D eigenvalue weighted by Gasteiger charge is 2.19. The van der Waals surface area contributed by atoms with Gasteiger partial charge in [0.15, 0.2) is 0 Å². The number of hydrogen-bond acceptors (Lipinski definition) is 5. The number of carbonyl (C=O) groups is 1. The number of nitrogens with one attached hydrogen (secondary N) is 3. The van der Waals surface area contributed by atoms with Crippen molar-refractivity contribution in [3.05, 3.63) is 12.4 Å². The third kappa shape index (κ3) is 5.54. The van der Waals surface area contributed by atoms with Crippen molar-refractivity contribution in [2.24, 2.45) is 0 Å². The van der Waals surface area contributed by atoms with E-state index < -0.39 is 0 Å². The Bertz CT molecular complexity index is 427. The van der Waals surface area contributed by atoms with Gasteiger partial charge >= 0.3 is 0 Å². The molecule has 0 saturated heterocycles. The van der Waals surface area contributed by atoms with Gasteiger partial charge in [0.1, 0.15) is 24.0 Å². The Kier molecular flexibility index (Phi) is 5.09. The highest BCUT2D eigenvalue weighted by Crippen LogP contribution is 2.10. The maximum Gasteiger partial charge on any atom is 0.242 e. The molecule has 0 saturated carbocycles. The maximum absolute atomic E-state index is 11.9. The van der Waals surface area contributed by atoms with Crippen LogP contribution in [-0.2, 0) is 4.79 Å². The Balaban J connectivity index is 2.63. The average molecular weight is 265 g/mol. The topological polar surface area (TPSA) is 78.9 Å². The average Bonchev–Trinajstić information content (AvgIpc) is 2.27. The van der Waals surface area contributed by atoms with Gasteiger partial charge in [-0.05, 0) is 34.6 Å². The summed E-state index contributed by atoms with van der Waals surface area (Å²) in [5.41, 5.74) is -0.242. The van der Waals surface area contributed by atoms with E-state index in [2.05, 4.69) is 25.9 Å². The highest BCUT2D eigenvalue weighted by atomic mass is 16.2. The minimum Gasteiger partial charge on any atom is -0.370 e. The molecule has 1 heterocycles. The molecule has 19 heavy (non-hydrogen) atoms. The predicted molar refractivity (Wildman–Crippen MR) is 77.2 cm³/mol. The van der Waals surface area contributed by atoms with Crippen LogP contribution in [0.15, 0.2) is 12.4 Å². The van der Waals surface area contributed by atoms with Crippen molar-refractivity contribution in [1.82, 2.24) is 15.3 Å². The van der Waals surface area contributed by atoms with Crippen LogP contribution in [0.25, 0.3) is 0 Å². The molecule has 0 aliphatic heterocycles. The molecule has 6 nitrogen and oxygen atoms in total. The van der Waals surface area contributed by atoms with E-state index in [0.29, 0.717) is 5.82 Å². The van der Waals surface area contributed by atoms with Crippen molar-refractivity contribution in [1.29, 1.82) is 0 Å². The van der Waals surface area contributed by atoms with Gasteiger partial charge in [-0.3, -0.25) is 4.79 Å². The van der Waals surface area contributed by atoms with E-state index in [1.807, 2.05) is 27.7 Å². The zero-order chi connectivity index (χ0) is 14.5. The number of carbonyl (C=O) groups excluding carboxylic acids is 1. The number of amides is 1. The summed E-state index contributed by atoms with van der Waals surface area (Å²) in [5, 5.41) is 9.08. The third-order valence-electron chi connectivity index (χ3n) is 2.28. The molecule has 6 heteroatoms. The first-order valence-corrected chi connectivity index (χ1v) is 6.46. The van der Waals surface area contributed by atoms with Gasteiger partial charge in [0.2, 0.25) is 5.91 Å². The van der Waals surface area contributed by atoms with E-state index >= 15 is 0 Å². The monoisotopic (exact) mass is 265 g/mol. The van der Waals surface area contributed by atoms with Gasteiger partial charge in [-0.2, -0.15) is 0 Å². The Morgan fingerprint density at radius 3 is 2.53 bits per heavy atom. The van der Waals surface area contributed by atoms with Crippen LogP contribution in [0.4, 0.5) is 11.6 Å². The summed E-state index contributed by atoms with van der Waals surface area (Å²) >= 11 is 0. The van der Waals surface area contributed by atoms with Crippen LogP contribution in [-0.4, -0.2) is 34.0 Å². The number of hydrogen-bond donors (Lipinski definition) is 3. The summed E-state index contributed by atoms with van der Waals surface area (Å²) in [6.07, 6.45) is 1.47. The molecule has 1 rings (SSSR count). The molecule has 0 aliphatic rings. The first kappa shape index (κ1) is 15.2. The first-order chi connectivity index (χ1) is 8.81. The fraction of sp³-hybridized carbons (Fsp3) is 0.615. The summed E-state index contributed by atoms with van der Waals surface area (Å²) in [5.74, 6) is 1.31. The number of anilines is 2. The molecule has 0 fully saturated rings. The molecule has 1 atom stereocenters. The summed E-state index contributed by atoms with van der Waals surface area (Å²) < 4.78 is 0. The van der Waals surface area contributed by atoms with E-state index in [1.165, 1.54) is 6.33 Å². The molecular weight excluding hydrogens is 242 g/mol. The smallest absolute Gasteiger partial charge is 0.242 e. The minimum absolute atomic E-state index is 0.0592. The zero-order valence-corrected chi connectivity index (χ0v) is 12.2. The Labute approximate surface area is 114 Å². The van der Waals surface area contributed by atoms with Crippen molar-refractivity contribution >= 4 is 17.5 Å². The fourth-order valence-corrected chi connectivity index (χ4v) is 1.48. The second-order valence-electron chi connectivity index (χ2n) is 5.42. The molecule has 106 valence electrons. The normalized spacial score (nSPS) is 12.7. The van der Waals surface area contributed by atoms with Gasteiger partial charge in [0, 0.05) is 18.2 Å². The van der Waals surface area contributed by atoms with Crippen molar-refractivity contribution in [2.45, 2.75) is 46.2 Å². The quantitative estimate of drug-likeness (QED) is 0.754. The third-order valence-corrected chi connectivity index (χ3v) is 2.28. The van der Waals surface area contributed by atoms with Crippen molar-refractivity contribution in [2.75, 3.05) is 17.2 Å². The van der Waals surface area contributed by atoms with Gasteiger partial charge in [0.05, 0.1) is 0 Å². The van der Waals surface area contributed by atoms with Gasteiger partial charge in [-0.15, -0.1) is 0 Å². The summed E-state index contributed by atoms with van der Waals surface area (Å²) in [6, 6.07) is 1.42. The molecule has 0 aromatic carbocycles. The Morgan fingerprint density at radius 1 is 1.32 bits per heavy atom. The maximum atomic E-state index is 11.9. The largest absolute Gasteiger partial charge is 0.370 e. The number of aromatic nitrogens is 2. The molecule has 1 unspecified atom stereocenters. The summed E-state index contributed by atoms with van der Waals surface area (Å²) in [6.45, 7) is 10.4. The predicted octanol–water partition coefficient (Wildman–Crippen LogP) is 1.62. The molecule has 1 aromatic rings. The van der Waals surface area contributed by atoms with E-state index in [-0.39, 0.29) is 17.5 Å². The fourth-order valence-electron chi connectivity index (χ4n) is 1.48. The second kappa shape index (κ2) is 6.36. The zero-order valence-electron chi connectivity index (χ0n) is 12.2. The van der Waals surface area contributed by atoms with Crippen molar-refractivity contribution < 1.29 is 4.79 Å². The molecule has 0 radical (unpaired) electrons. The first-order valence-electron chi connectivity index (χ1n) is 6.46. The van der Waals surface area contributed by atoms with E-state index in [1.54, 1.807) is 13.0 Å². The molecule has 0 bridgehead atoms. The van der Waals surface area contributed by atoms with Gasteiger partial charge < -0.3 is 16.0 Å². The number of rotatable bonds is 5. The van der Waals surface area contributed by atoms with Crippen LogP contribution >= 0.6 is 0 Å². The molecule has 1 amide bonds. The van der Waals surface area contributed by atoms with Crippen LogP contribution < -0.4 is 16.0 Å². The van der Waals surface area contributed by atoms with Crippen LogP contribution in [0.1, 0.15) is 34.6 Å². The molecular formula is C13H23N5O. The lowest BCUT2D eigenvalue weighted by Gasteiger charge is -2.23. The van der Waals surface area contributed by atoms with Crippen LogP contribution in [0.3, 0.4) is 0 Å². The van der Waals surface area contributed by atoms with Crippen molar-refractivity contribution in [3.63, 3.8) is 0 Å². The van der Waals surface area contributed by atoms with Crippen LogP contribution in [0.5, 0.6) is 0 Å². The number of nitrogens with zero attached hydrogens (tertiary/aromatic N) is 2. The van der Waals surface area contributed by atoms with E-state index in [4.69, 9.17) is 0 Å². The van der Waals surface area contributed by atoms with Crippen molar-refractivity contribution in [3.8, 4) is 0 Å². The molecule has 0 spiro atoms. The Morgan fingerprint density at radius 2 is 1.95 bits per heavy atom. The molecule has 0 aliphatic carbocycles.